The predicted molar refractivity (Wildman–Crippen MR) is 77.3 cm³/mol. The van der Waals surface area contributed by atoms with Gasteiger partial charge in [0, 0.05) is 17.8 Å². The van der Waals surface area contributed by atoms with E-state index in [4.69, 9.17) is 18.0 Å². The lowest BCUT2D eigenvalue weighted by molar-refractivity contribution is 0.537. The molecule has 1 fully saturated rings. The van der Waals surface area contributed by atoms with Crippen LogP contribution in [-0.4, -0.2) is 11.5 Å². The van der Waals surface area contributed by atoms with E-state index in [0.717, 1.165) is 18.2 Å². The third kappa shape index (κ3) is 3.19. The Kier molecular flexibility index (Phi) is 4.17. The summed E-state index contributed by atoms with van der Waals surface area (Å²) in [6.45, 7) is 3.20. The van der Waals surface area contributed by atoms with Crippen molar-refractivity contribution in [3.63, 3.8) is 0 Å². The lowest BCUT2D eigenvalue weighted by Crippen LogP contribution is -2.14. The molecule has 0 saturated heterocycles. The SMILES string of the molecule is CC1CCC(CNc2ccc(C(N)=S)c(F)c2)C1. The number of nitrogens with one attached hydrogen (secondary N) is 1. The van der Waals surface area contributed by atoms with Gasteiger partial charge in [-0.2, -0.15) is 0 Å². The molecule has 2 nitrogen and oxygen atoms in total. The first-order valence-corrected chi connectivity index (χ1v) is 6.80. The summed E-state index contributed by atoms with van der Waals surface area (Å²) in [6.07, 6.45) is 3.84. The van der Waals surface area contributed by atoms with Crippen LogP contribution in [0.5, 0.6) is 0 Å². The summed E-state index contributed by atoms with van der Waals surface area (Å²) in [5.41, 5.74) is 6.53. The molecule has 3 N–H and O–H groups in total. The van der Waals surface area contributed by atoms with Gasteiger partial charge in [-0.15, -0.1) is 0 Å². The fourth-order valence-corrected chi connectivity index (χ4v) is 2.76. The van der Waals surface area contributed by atoms with Gasteiger partial charge < -0.3 is 11.1 Å². The van der Waals surface area contributed by atoms with Gasteiger partial charge in [0.05, 0.1) is 0 Å². The van der Waals surface area contributed by atoms with Crippen LogP contribution in [0.3, 0.4) is 0 Å². The van der Waals surface area contributed by atoms with Gasteiger partial charge in [0.2, 0.25) is 0 Å². The van der Waals surface area contributed by atoms with Crippen LogP contribution in [0.25, 0.3) is 0 Å². The second-order valence-corrected chi connectivity index (χ2v) is 5.66. The minimum Gasteiger partial charge on any atom is -0.389 e. The minimum absolute atomic E-state index is 0.101. The van der Waals surface area contributed by atoms with E-state index in [1.165, 1.54) is 25.3 Å². The molecule has 1 aliphatic carbocycles. The summed E-state index contributed by atoms with van der Waals surface area (Å²) in [5, 5.41) is 3.29. The molecular formula is C14H19FN2S. The molecule has 4 heteroatoms. The second kappa shape index (κ2) is 5.65. The molecule has 1 aromatic carbocycles. The van der Waals surface area contributed by atoms with Crippen molar-refractivity contribution in [2.45, 2.75) is 26.2 Å². The average Bonchev–Trinajstić information content (AvgIpc) is 2.72. The molecule has 0 radical (unpaired) electrons. The van der Waals surface area contributed by atoms with Crippen molar-refractivity contribution in [3.05, 3.63) is 29.6 Å². The zero-order valence-electron chi connectivity index (χ0n) is 10.6. The molecule has 2 atom stereocenters. The van der Waals surface area contributed by atoms with Gasteiger partial charge in [-0.1, -0.05) is 25.6 Å². The molecule has 0 spiro atoms. The monoisotopic (exact) mass is 266 g/mol. The van der Waals surface area contributed by atoms with Gasteiger partial charge in [-0.3, -0.25) is 0 Å². The number of hydrogen-bond acceptors (Lipinski definition) is 2. The van der Waals surface area contributed by atoms with Crippen molar-refractivity contribution in [2.24, 2.45) is 17.6 Å². The quantitative estimate of drug-likeness (QED) is 0.821. The van der Waals surface area contributed by atoms with Crippen molar-refractivity contribution in [2.75, 3.05) is 11.9 Å². The number of nitrogens with two attached hydrogens (primary N) is 1. The molecule has 0 heterocycles. The molecule has 18 heavy (non-hydrogen) atoms. The molecule has 2 unspecified atom stereocenters. The number of thiocarbonyl (C=S) groups is 1. The van der Waals surface area contributed by atoms with E-state index in [2.05, 4.69) is 12.2 Å². The van der Waals surface area contributed by atoms with Crippen LogP contribution in [0.15, 0.2) is 18.2 Å². The zero-order valence-corrected chi connectivity index (χ0v) is 11.4. The van der Waals surface area contributed by atoms with Crippen LogP contribution in [0.1, 0.15) is 31.7 Å². The van der Waals surface area contributed by atoms with E-state index in [0.29, 0.717) is 11.5 Å². The number of hydrogen-bond donors (Lipinski definition) is 2. The van der Waals surface area contributed by atoms with E-state index in [9.17, 15) is 4.39 Å². The van der Waals surface area contributed by atoms with E-state index in [1.54, 1.807) is 6.07 Å². The van der Waals surface area contributed by atoms with E-state index < -0.39 is 0 Å². The summed E-state index contributed by atoms with van der Waals surface area (Å²) in [6, 6.07) is 4.93. The maximum Gasteiger partial charge on any atom is 0.135 e. The Labute approximate surface area is 113 Å². The van der Waals surface area contributed by atoms with Crippen LogP contribution in [-0.2, 0) is 0 Å². The molecule has 1 aromatic rings. The summed E-state index contributed by atoms with van der Waals surface area (Å²) >= 11 is 4.78. The van der Waals surface area contributed by atoms with Crippen LogP contribution in [0, 0.1) is 17.7 Å². The van der Waals surface area contributed by atoms with Crippen molar-refractivity contribution in [1.29, 1.82) is 0 Å². The second-order valence-electron chi connectivity index (χ2n) is 5.22. The van der Waals surface area contributed by atoms with Gasteiger partial charge in [0.15, 0.2) is 0 Å². The number of anilines is 1. The molecule has 0 bridgehead atoms. The minimum atomic E-state index is -0.354. The summed E-state index contributed by atoms with van der Waals surface area (Å²) in [7, 11) is 0. The smallest absolute Gasteiger partial charge is 0.135 e. The summed E-state index contributed by atoms with van der Waals surface area (Å²) < 4.78 is 13.7. The van der Waals surface area contributed by atoms with Crippen molar-refractivity contribution < 1.29 is 4.39 Å². The van der Waals surface area contributed by atoms with Crippen LogP contribution in [0.2, 0.25) is 0 Å². The Hall–Kier alpha value is -1.16. The highest BCUT2D eigenvalue weighted by Gasteiger charge is 2.20. The Morgan fingerprint density at radius 1 is 1.50 bits per heavy atom. The summed E-state index contributed by atoms with van der Waals surface area (Å²) in [5.74, 6) is 1.18. The predicted octanol–water partition coefficient (Wildman–Crippen LogP) is 3.31. The molecule has 0 amide bonds. The highest BCUT2D eigenvalue weighted by Crippen LogP contribution is 2.30. The average molecular weight is 266 g/mol. The molecular weight excluding hydrogens is 247 g/mol. The Morgan fingerprint density at radius 3 is 2.83 bits per heavy atom. The lowest BCUT2D eigenvalue weighted by atomic mass is 10.1. The van der Waals surface area contributed by atoms with Crippen molar-refractivity contribution in [3.8, 4) is 0 Å². The first-order chi connectivity index (χ1) is 8.56. The maximum absolute atomic E-state index is 13.7. The zero-order chi connectivity index (χ0) is 13.1. The number of benzene rings is 1. The number of halogens is 1. The van der Waals surface area contributed by atoms with Gasteiger partial charge in [0.25, 0.3) is 0 Å². The molecule has 1 aliphatic rings. The van der Waals surface area contributed by atoms with Gasteiger partial charge in [-0.25, -0.2) is 4.39 Å². The Bertz CT molecular complexity index is 447. The molecule has 98 valence electrons. The standard InChI is InChI=1S/C14H19FN2S/c1-9-2-3-10(6-9)8-17-11-4-5-12(14(16)18)13(15)7-11/h4-5,7,9-10,17H,2-3,6,8H2,1H3,(H2,16,18). The van der Waals surface area contributed by atoms with Crippen LogP contribution in [0.4, 0.5) is 10.1 Å². The molecule has 2 rings (SSSR count). The third-order valence-corrected chi connectivity index (χ3v) is 3.85. The van der Waals surface area contributed by atoms with Crippen LogP contribution < -0.4 is 11.1 Å². The molecule has 0 aromatic heterocycles. The van der Waals surface area contributed by atoms with Crippen molar-refractivity contribution in [1.82, 2.24) is 0 Å². The largest absolute Gasteiger partial charge is 0.389 e. The van der Waals surface area contributed by atoms with E-state index in [1.807, 2.05) is 6.07 Å². The first-order valence-electron chi connectivity index (χ1n) is 6.39. The van der Waals surface area contributed by atoms with Gasteiger partial charge in [0.1, 0.15) is 10.8 Å². The summed E-state index contributed by atoms with van der Waals surface area (Å²) in [4.78, 5) is 0.101. The molecule has 0 aliphatic heterocycles. The highest BCUT2D eigenvalue weighted by atomic mass is 32.1. The third-order valence-electron chi connectivity index (χ3n) is 3.63. The Balaban J connectivity index is 1.94. The van der Waals surface area contributed by atoms with Gasteiger partial charge >= 0.3 is 0 Å². The normalized spacial score (nSPS) is 23.0. The fourth-order valence-electron chi connectivity index (χ4n) is 2.60. The van der Waals surface area contributed by atoms with Gasteiger partial charge in [-0.05, 0) is 42.9 Å². The van der Waals surface area contributed by atoms with E-state index in [-0.39, 0.29) is 10.8 Å². The first kappa shape index (κ1) is 13.3. The topological polar surface area (TPSA) is 38.0 Å². The lowest BCUT2D eigenvalue weighted by Gasteiger charge is -2.13. The fraction of sp³-hybridized carbons (Fsp3) is 0.500. The Morgan fingerprint density at radius 2 is 2.28 bits per heavy atom. The number of rotatable bonds is 4. The van der Waals surface area contributed by atoms with Crippen molar-refractivity contribution >= 4 is 22.9 Å². The maximum atomic E-state index is 13.7. The molecule has 1 saturated carbocycles. The van der Waals surface area contributed by atoms with Crippen LogP contribution >= 0.6 is 12.2 Å². The highest BCUT2D eigenvalue weighted by molar-refractivity contribution is 7.80. The van der Waals surface area contributed by atoms with E-state index >= 15 is 0 Å².